The van der Waals surface area contributed by atoms with Crippen LogP contribution >= 0.6 is 23.5 Å². The third kappa shape index (κ3) is 11.1. The maximum absolute atomic E-state index is 13.9. The summed E-state index contributed by atoms with van der Waals surface area (Å²) in [5.74, 6) is 1.94. The molecule has 4 rings (SSSR count). The van der Waals surface area contributed by atoms with E-state index in [0.717, 1.165) is 29.1 Å². The zero-order chi connectivity index (χ0) is 31.0. The Morgan fingerprint density at radius 2 is 1.20 bits per heavy atom. The van der Waals surface area contributed by atoms with Crippen LogP contribution in [0.1, 0.15) is 36.1 Å². The van der Waals surface area contributed by atoms with E-state index in [0.29, 0.717) is 18.8 Å². The van der Waals surface area contributed by atoms with Gasteiger partial charge in [0.05, 0.1) is 0 Å². The summed E-state index contributed by atoms with van der Waals surface area (Å²) in [5, 5.41) is 3.11. The van der Waals surface area contributed by atoms with Crippen LogP contribution in [0, 0.1) is 0 Å². The van der Waals surface area contributed by atoms with Gasteiger partial charge in [0.15, 0.2) is 0 Å². The number of benzene rings is 4. The van der Waals surface area contributed by atoms with E-state index in [1.165, 1.54) is 11.1 Å². The van der Waals surface area contributed by atoms with Gasteiger partial charge in [0.1, 0.15) is 12.6 Å². The average molecular weight is 627 g/mol. The minimum atomic E-state index is -0.844. The first-order valence-corrected chi connectivity index (χ1v) is 17.1. The summed E-state index contributed by atoms with van der Waals surface area (Å²) in [7, 11) is 0. The van der Waals surface area contributed by atoms with Crippen LogP contribution in [0.5, 0.6) is 0 Å². The van der Waals surface area contributed by atoms with Gasteiger partial charge in [0, 0.05) is 35.1 Å². The lowest BCUT2D eigenvalue weighted by molar-refractivity contribution is -0.148. The largest absolute Gasteiger partial charge is 0.459 e. The van der Waals surface area contributed by atoms with Crippen molar-refractivity contribution in [1.29, 1.82) is 0 Å². The molecule has 1 atom stereocenters. The predicted molar refractivity (Wildman–Crippen MR) is 185 cm³/mol. The molecule has 0 spiro atoms. The van der Waals surface area contributed by atoms with Gasteiger partial charge in [-0.1, -0.05) is 121 Å². The molecule has 2 amide bonds. The van der Waals surface area contributed by atoms with Crippen LogP contribution in [-0.2, 0) is 34.1 Å². The van der Waals surface area contributed by atoms with E-state index in [-0.39, 0.29) is 12.6 Å². The first-order valence-electron chi connectivity index (χ1n) is 15.0. The van der Waals surface area contributed by atoms with Gasteiger partial charge in [-0.25, -0.2) is 9.59 Å². The van der Waals surface area contributed by atoms with Gasteiger partial charge in [-0.3, -0.25) is 0 Å². The fourth-order valence-corrected chi connectivity index (χ4v) is 6.61. The molecule has 5 nitrogen and oxygen atoms in total. The van der Waals surface area contributed by atoms with Crippen LogP contribution < -0.4 is 5.32 Å². The van der Waals surface area contributed by atoms with Crippen molar-refractivity contribution in [3.8, 4) is 0 Å². The van der Waals surface area contributed by atoms with Crippen molar-refractivity contribution >= 4 is 35.5 Å². The van der Waals surface area contributed by atoms with Crippen LogP contribution in [0.3, 0.4) is 0 Å². The fourth-order valence-electron chi connectivity index (χ4n) is 4.63. The molecule has 0 aliphatic heterocycles. The first-order chi connectivity index (χ1) is 21.4. The molecule has 1 N–H and O–H groups in total. The van der Waals surface area contributed by atoms with Gasteiger partial charge in [0.25, 0.3) is 0 Å². The Kier molecular flexibility index (Phi) is 13.3. The number of rotatable bonds is 16. The van der Waals surface area contributed by atoms with Gasteiger partial charge >= 0.3 is 12.0 Å². The summed E-state index contributed by atoms with van der Waals surface area (Å²) in [6.07, 6.45) is 0.729. The molecule has 0 aromatic heterocycles. The van der Waals surface area contributed by atoms with Crippen LogP contribution in [-0.4, -0.2) is 46.5 Å². The Morgan fingerprint density at radius 3 is 1.77 bits per heavy atom. The number of nitrogens with one attached hydrogen (secondary N) is 1. The SMILES string of the molecule is CC(C)(SCc1ccccc1)C(NC(=O)N(CCSCc1ccccc1)CCc1ccccc1)C(=O)OCc1ccccc1. The molecule has 0 saturated carbocycles. The molecular formula is C37H42N2O3S2. The average Bonchev–Trinajstić information content (AvgIpc) is 3.06. The first kappa shape index (κ1) is 33.2. The molecule has 0 aliphatic carbocycles. The van der Waals surface area contributed by atoms with E-state index in [9.17, 15) is 9.59 Å². The van der Waals surface area contributed by atoms with Crippen molar-refractivity contribution in [3.05, 3.63) is 144 Å². The molecule has 0 bridgehead atoms. The number of urea groups is 1. The van der Waals surface area contributed by atoms with Gasteiger partial charge < -0.3 is 15.0 Å². The monoisotopic (exact) mass is 626 g/mol. The second-order valence-corrected chi connectivity index (χ2v) is 13.8. The number of amides is 2. The van der Waals surface area contributed by atoms with E-state index < -0.39 is 16.8 Å². The van der Waals surface area contributed by atoms with Gasteiger partial charge in [-0.05, 0) is 42.5 Å². The van der Waals surface area contributed by atoms with E-state index in [1.54, 1.807) is 23.5 Å². The summed E-state index contributed by atoms with van der Waals surface area (Å²) in [6.45, 7) is 5.27. The summed E-state index contributed by atoms with van der Waals surface area (Å²) in [6, 6.07) is 39.2. The van der Waals surface area contributed by atoms with Crippen molar-refractivity contribution in [2.24, 2.45) is 0 Å². The number of carbonyl (C=O) groups excluding carboxylic acids is 2. The van der Waals surface area contributed by atoms with Gasteiger partial charge in [0.2, 0.25) is 0 Å². The molecule has 4 aromatic rings. The van der Waals surface area contributed by atoms with E-state index in [4.69, 9.17) is 4.74 Å². The molecular weight excluding hydrogens is 585 g/mol. The van der Waals surface area contributed by atoms with Crippen LogP contribution in [0.25, 0.3) is 0 Å². The number of hydrogen-bond acceptors (Lipinski definition) is 5. The number of hydrogen-bond donors (Lipinski definition) is 1. The maximum Gasteiger partial charge on any atom is 0.330 e. The van der Waals surface area contributed by atoms with Gasteiger partial charge in [-0.15, -0.1) is 11.8 Å². The zero-order valence-corrected chi connectivity index (χ0v) is 27.2. The Labute approximate surface area is 270 Å². The number of carbonyl (C=O) groups is 2. The molecule has 0 fully saturated rings. The minimum Gasteiger partial charge on any atom is -0.459 e. The molecule has 0 heterocycles. The molecule has 0 saturated heterocycles. The molecule has 0 aliphatic rings. The lowest BCUT2D eigenvalue weighted by Crippen LogP contribution is -2.56. The van der Waals surface area contributed by atoms with Crippen LogP contribution in [0.4, 0.5) is 4.79 Å². The topological polar surface area (TPSA) is 58.6 Å². The van der Waals surface area contributed by atoms with E-state index >= 15 is 0 Å². The number of thioether (sulfide) groups is 2. The number of esters is 1. The summed E-state index contributed by atoms with van der Waals surface area (Å²) < 4.78 is 5.16. The number of nitrogens with zero attached hydrogens (tertiary/aromatic N) is 1. The summed E-state index contributed by atoms with van der Waals surface area (Å²) in [5.41, 5.74) is 4.49. The highest BCUT2D eigenvalue weighted by atomic mass is 32.2. The summed E-state index contributed by atoms with van der Waals surface area (Å²) in [4.78, 5) is 29.4. The van der Waals surface area contributed by atoms with Crippen molar-refractivity contribution in [2.75, 3.05) is 18.8 Å². The highest BCUT2D eigenvalue weighted by Gasteiger charge is 2.39. The minimum absolute atomic E-state index is 0.152. The van der Waals surface area contributed by atoms with Crippen molar-refractivity contribution in [1.82, 2.24) is 10.2 Å². The van der Waals surface area contributed by atoms with Crippen molar-refractivity contribution in [3.63, 3.8) is 0 Å². The van der Waals surface area contributed by atoms with Gasteiger partial charge in [-0.2, -0.15) is 11.8 Å². The van der Waals surface area contributed by atoms with Crippen molar-refractivity contribution < 1.29 is 14.3 Å². The molecule has 1 unspecified atom stereocenters. The lowest BCUT2D eigenvalue weighted by Gasteiger charge is -2.34. The predicted octanol–water partition coefficient (Wildman–Crippen LogP) is 8.00. The van der Waals surface area contributed by atoms with Crippen LogP contribution in [0.15, 0.2) is 121 Å². The third-order valence-electron chi connectivity index (χ3n) is 7.29. The highest BCUT2D eigenvalue weighted by Crippen LogP contribution is 2.32. The highest BCUT2D eigenvalue weighted by molar-refractivity contribution is 8.00. The standard InChI is InChI=1S/C37H42N2O3S2/c1-37(2,44-29-33-21-13-6-14-22-33)34(35(40)42-27-31-17-9-4-10-18-31)38-36(41)39(24-23-30-15-7-3-8-16-30)25-26-43-28-32-19-11-5-12-20-32/h3-22,34H,23-29H2,1-2H3,(H,38,41). The maximum atomic E-state index is 13.9. The third-order valence-corrected chi connectivity index (χ3v) is 9.76. The molecule has 7 heteroatoms. The molecule has 230 valence electrons. The quantitative estimate of drug-likeness (QED) is 0.101. The molecule has 4 aromatic carbocycles. The van der Waals surface area contributed by atoms with E-state index in [2.05, 4.69) is 41.7 Å². The smallest absolute Gasteiger partial charge is 0.330 e. The number of ether oxygens (including phenoxy) is 1. The normalized spacial score (nSPS) is 11.9. The van der Waals surface area contributed by atoms with E-state index in [1.807, 2.05) is 104 Å². The Morgan fingerprint density at radius 1 is 0.705 bits per heavy atom. The second kappa shape index (κ2) is 17.6. The Balaban J connectivity index is 1.46. The fraction of sp³-hybridized carbons (Fsp3) is 0.297. The second-order valence-electron chi connectivity index (χ2n) is 11.1. The Hall–Kier alpha value is -3.68. The zero-order valence-electron chi connectivity index (χ0n) is 25.6. The lowest BCUT2D eigenvalue weighted by atomic mass is 10.0. The van der Waals surface area contributed by atoms with Crippen LogP contribution in [0.2, 0.25) is 0 Å². The summed E-state index contributed by atoms with van der Waals surface area (Å²) >= 11 is 3.43. The van der Waals surface area contributed by atoms with Crippen molar-refractivity contribution in [2.45, 2.75) is 49.2 Å². The molecule has 44 heavy (non-hydrogen) atoms. The Bertz CT molecular complexity index is 1400. The molecule has 0 radical (unpaired) electrons.